The van der Waals surface area contributed by atoms with E-state index < -0.39 is 10.0 Å². The van der Waals surface area contributed by atoms with E-state index in [0.717, 1.165) is 38.1 Å². The molecule has 0 unspecified atom stereocenters. The molecule has 0 radical (unpaired) electrons. The van der Waals surface area contributed by atoms with Crippen LogP contribution in [0.4, 0.5) is 0 Å². The molecule has 0 heterocycles. The quantitative estimate of drug-likeness (QED) is 0.665. The first-order valence-corrected chi connectivity index (χ1v) is 10.2. The molecule has 1 N–H and O–H groups in total. The van der Waals surface area contributed by atoms with Crippen molar-refractivity contribution in [3.05, 3.63) is 0 Å². The maximum Gasteiger partial charge on any atom is 0.214 e. The molecule has 0 aromatic rings. The van der Waals surface area contributed by atoms with Gasteiger partial charge in [-0.1, -0.05) is 27.2 Å². The van der Waals surface area contributed by atoms with E-state index in [2.05, 4.69) is 26.1 Å². The summed E-state index contributed by atoms with van der Waals surface area (Å²) in [4.78, 5) is 0. The lowest BCUT2D eigenvalue weighted by Gasteiger charge is -2.33. The summed E-state index contributed by atoms with van der Waals surface area (Å²) in [5.74, 6) is 1.09. The highest BCUT2D eigenvalue weighted by molar-refractivity contribution is 7.89. The Hall–Kier alpha value is -0.130. The largest absolute Gasteiger partial charge is 0.315 e. The summed E-state index contributed by atoms with van der Waals surface area (Å²) in [6, 6.07) is 0.699. The number of hydrogen-bond acceptors (Lipinski definition) is 3. The zero-order chi connectivity index (χ0) is 15.9. The Morgan fingerprint density at radius 2 is 1.76 bits per heavy atom. The topological polar surface area (TPSA) is 49.4 Å². The van der Waals surface area contributed by atoms with E-state index in [1.54, 1.807) is 11.4 Å². The summed E-state index contributed by atoms with van der Waals surface area (Å²) in [6.07, 6.45) is 7.32. The number of nitrogens with zero attached hydrogens (tertiary/aromatic N) is 1. The molecule has 0 aromatic heterocycles. The van der Waals surface area contributed by atoms with Gasteiger partial charge in [-0.15, -0.1) is 0 Å². The van der Waals surface area contributed by atoms with Crippen LogP contribution in [0.3, 0.4) is 0 Å². The number of hydrogen-bond donors (Lipinski definition) is 1. The van der Waals surface area contributed by atoms with Crippen molar-refractivity contribution in [3.8, 4) is 0 Å². The molecule has 0 amide bonds. The van der Waals surface area contributed by atoms with Crippen molar-refractivity contribution >= 4 is 10.0 Å². The fourth-order valence-electron chi connectivity index (χ4n) is 3.09. The fourth-order valence-corrected chi connectivity index (χ4v) is 4.61. The molecule has 21 heavy (non-hydrogen) atoms. The molecular formula is C16H34N2O2S. The molecule has 1 aliphatic rings. The van der Waals surface area contributed by atoms with E-state index in [4.69, 9.17) is 0 Å². The second kappa shape index (κ2) is 9.11. The Bertz CT molecular complexity index is 374. The number of rotatable bonds is 9. The van der Waals surface area contributed by atoms with Crippen molar-refractivity contribution in [2.45, 2.75) is 77.8 Å². The van der Waals surface area contributed by atoms with Gasteiger partial charge >= 0.3 is 0 Å². The lowest BCUT2D eigenvalue weighted by molar-refractivity contribution is 0.233. The van der Waals surface area contributed by atoms with E-state index >= 15 is 0 Å². The first kappa shape index (κ1) is 18.9. The molecule has 0 bridgehead atoms. The fraction of sp³-hybridized carbons (Fsp3) is 1.00. The SMILES string of the molecule is CCC1CCC(N(C)S(=O)(=O)CCCCNC(C)C)CC1. The molecule has 0 atom stereocenters. The first-order valence-electron chi connectivity index (χ1n) is 8.56. The molecule has 0 aliphatic heterocycles. The van der Waals surface area contributed by atoms with Crippen molar-refractivity contribution < 1.29 is 8.42 Å². The molecule has 126 valence electrons. The molecular weight excluding hydrogens is 284 g/mol. The van der Waals surface area contributed by atoms with Gasteiger partial charge in [0.15, 0.2) is 0 Å². The minimum absolute atomic E-state index is 0.228. The van der Waals surface area contributed by atoms with Crippen LogP contribution in [-0.4, -0.2) is 44.2 Å². The van der Waals surface area contributed by atoms with Gasteiger partial charge in [0, 0.05) is 19.1 Å². The highest BCUT2D eigenvalue weighted by Gasteiger charge is 2.29. The Morgan fingerprint density at radius 1 is 1.14 bits per heavy atom. The third-order valence-electron chi connectivity index (χ3n) is 4.73. The van der Waals surface area contributed by atoms with Crippen LogP contribution in [0.15, 0.2) is 0 Å². The highest BCUT2D eigenvalue weighted by atomic mass is 32.2. The Labute approximate surface area is 131 Å². The van der Waals surface area contributed by atoms with Crippen LogP contribution in [0.25, 0.3) is 0 Å². The van der Waals surface area contributed by atoms with E-state index in [9.17, 15) is 8.42 Å². The van der Waals surface area contributed by atoms with E-state index in [-0.39, 0.29) is 11.8 Å². The first-order chi connectivity index (χ1) is 9.86. The molecule has 1 saturated carbocycles. The molecule has 4 nitrogen and oxygen atoms in total. The molecule has 1 rings (SSSR count). The third-order valence-corrected chi connectivity index (χ3v) is 6.71. The Balaban J connectivity index is 2.32. The van der Waals surface area contributed by atoms with Crippen LogP contribution in [0.5, 0.6) is 0 Å². The molecule has 0 saturated heterocycles. The lowest BCUT2D eigenvalue weighted by atomic mass is 9.85. The smallest absolute Gasteiger partial charge is 0.214 e. The Morgan fingerprint density at radius 3 is 2.29 bits per heavy atom. The standard InChI is InChI=1S/C16H34N2O2S/c1-5-15-8-10-16(11-9-15)18(4)21(19,20)13-7-6-12-17-14(2)3/h14-17H,5-13H2,1-4H3. The summed E-state index contributed by atoms with van der Waals surface area (Å²) in [6.45, 7) is 7.35. The van der Waals surface area contributed by atoms with E-state index in [1.807, 2.05) is 0 Å². The van der Waals surface area contributed by atoms with Crippen molar-refractivity contribution in [1.82, 2.24) is 9.62 Å². The molecule has 0 aromatic carbocycles. The number of nitrogens with one attached hydrogen (secondary N) is 1. The van der Waals surface area contributed by atoms with Gasteiger partial charge in [-0.25, -0.2) is 12.7 Å². The minimum Gasteiger partial charge on any atom is -0.315 e. The van der Waals surface area contributed by atoms with Crippen LogP contribution in [-0.2, 0) is 10.0 Å². The van der Waals surface area contributed by atoms with Gasteiger partial charge in [0.05, 0.1) is 5.75 Å². The normalized spacial score (nSPS) is 23.9. The molecule has 0 spiro atoms. The third kappa shape index (κ3) is 6.66. The van der Waals surface area contributed by atoms with Crippen molar-refractivity contribution in [2.24, 2.45) is 5.92 Å². The van der Waals surface area contributed by atoms with Crippen LogP contribution >= 0.6 is 0 Å². The number of sulfonamides is 1. The van der Waals surface area contributed by atoms with Crippen LogP contribution in [0.2, 0.25) is 0 Å². The average Bonchev–Trinajstić information content (AvgIpc) is 2.45. The molecule has 5 heteroatoms. The second-order valence-electron chi connectivity index (χ2n) is 6.73. The van der Waals surface area contributed by atoms with Crippen molar-refractivity contribution in [1.29, 1.82) is 0 Å². The minimum atomic E-state index is -3.08. The van der Waals surface area contributed by atoms with Crippen molar-refractivity contribution in [3.63, 3.8) is 0 Å². The van der Waals surface area contributed by atoms with Gasteiger partial charge in [0.1, 0.15) is 0 Å². The maximum atomic E-state index is 12.4. The highest BCUT2D eigenvalue weighted by Crippen LogP contribution is 2.30. The van der Waals surface area contributed by atoms with Crippen LogP contribution in [0.1, 0.15) is 65.7 Å². The van der Waals surface area contributed by atoms with E-state index in [1.165, 1.54) is 19.3 Å². The van der Waals surface area contributed by atoms with Gasteiger partial charge in [0.2, 0.25) is 10.0 Å². The zero-order valence-electron chi connectivity index (χ0n) is 14.3. The Kier molecular flexibility index (Phi) is 8.21. The summed E-state index contributed by atoms with van der Waals surface area (Å²) in [5, 5.41) is 3.33. The monoisotopic (exact) mass is 318 g/mol. The van der Waals surface area contributed by atoms with Gasteiger partial charge in [0.25, 0.3) is 0 Å². The van der Waals surface area contributed by atoms with E-state index in [0.29, 0.717) is 6.04 Å². The predicted octanol–water partition coefficient (Wildman–Crippen LogP) is 3.00. The second-order valence-corrected chi connectivity index (χ2v) is 8.88. The van der Waals surface area contributed by atoms with Gasteiger partial charge in [-0.2, -0.15) is 0 Å². The van der Waals surface area contributed by atoms with Crippen LogP contribution < -0.4 is 5.32 Å². The van der Waals surface area contributed by atoms with Gasteiger partial charge in [-0.3, -0.25) is 0 Å². The maximum absolute atomic E-state index is 12.4. The van der Waals surface area contributed by atoms with Crippen molar-refractivity contribution in [2.75, 3.05) is 19.3 Å². The number of unbranched alkanes of at least 4 members (excludes halogenated alkanes) is 1. The molecule has 1 aliphatic carbocycles. The lowest BCUT2D eigenvalue weighted by Crippen LogP contribution is -2.40. The van der Waals surface area contributed by atoms with Gasteiger partial charge in [-0.05, 0) is 51.0 Å². The summed E-state index contributed by atoms with van der Waals surface area (Å²) < 4.78 is 26.4. The summed E-state index contributed by atoms with van der Waals surface area (Å²) >= 11 is 0. The van der Waals surface area contributed by atoms with Gasteiger partial charge < -0.3 is 5.32 Å². The predicted molar refractivity (Wildman–Crippen MR) is 90.0 cm³/mol. The molecule has 1 fully saturated rings. The van der Waals surface area contributed by atoms with Crippen LogP contribution in [0, 0.1) is 5.92 Å². The average molecular weight is 319 g/mol. The summed E-state index contributed by atoms with van der Waals surface area (Å²) in [7, 11) is -1.30. The zero-order valence-corrected chi connectivity index (χ0v) is 15.1. The summed E-state index contributed by atoms with van der Waals surface area (Å²) in [5.41, 5.74) is 0.